The Kier molecular flexibility index (Phi) is 5.66. The zero-order valence-corrected chi connectivity index (χ0v) is 9.63. The van der Waals surface area contributed by atoms with Gasteiger partial charge in [-0.15, -0.1) is 11.6 Å². The van der Waals surface area contributed by atoms with Crippen molar-refractivity contribution in [3.05, 3.63) is 29.6 Å². The van der Waals surface area contributed by atoms with E-state index in [0.717, 1.165) is 19.3 Å². The molecule has 0 fully saturated rings. The van der Waals surface area contributed by atoms with Gasteiger partial charge in [0.1, 0.15) is 17.6 Å². The standard InChI is InChI=1S/C12H13ClFNO/c13-6-2-1-3-7-16-11-5-4-10(9-15)12(14)8-11/h4-5,8H,1-3,6-7H2. The summed E-state index contributed by atoms with van der Waals surface area (Å²) < 4.78 is 18.5. The predicted octanol–water partition coefficient (Wildman–Crippen LogP) is 3.49. The molecule has 1 rings (SSSR count). The number of halogens is 2. The van der Waals surface area contributed by atoms with Crippen LogP contribution in [0.1, 0.15) is 24.8 Å². The third-order valence-corrected chi connectivity index (χ3v) is 2.37. The summed E-state index contributed by atoms with van der Waals surface area (Å²) in [6.45, 7) is 0.544. The number of nitriles is 1. The second kappa shape index (κ2) is 7.08. The highest BCUT2D eigenvalue weighted by Crippen LogP contribution is 2.16. The average molecular weight is 242 g/mol. The van der Waals surface area contributed by atoms with E-state index in [9.17, 15) is 4.39 Å². The molecule has 0 spiro atoms. The highest BCUT2D eigenvalue weighted by molar-refractivity contribution is 6.17. The number of alkyl halides is 1. The van der Waals surface area contributed by atoms with E-state index in [1.54, 1.807) is 12.1 Å². The Bertz CT molecular complexity index is 376. The van der Waals surface area contributed by atoms with Crippen molar-refractivity contribution < 1.29 is 9.13 Å². The van der Waals surface area contributed by atoms with Gasteiger partial charge in [-0.1, -0.05) is 0 Å². The van der Waals surface area contributed by atoms with Crippen molar-refractivity contribution in [3.63, 3.8) is 0 Å². The molecular formula is C12H13ClFNO. The van der Waals surface area contributed by atoms with Gasteiger partial charge in [-0.05, 0) is 31.4 Å². The minimum atomic E-state index is -0.541. The van der Waals surface area contributed by atoms with Crippen LogP contribution in [0.5, 0.6) is 5.75 Å². The van der Waals surface area contributed by atoms with E-state index >= 15 is 0 Å². The molecule has 86 valence electrons. The van der Waals surface area contributed by atoms with Crippen LogP contribution in [0.15, 0.2) is 18.2 Å². The largest absolute Gasteiger partial charge is 0.493 e. The minimum Gasteiger partial charge on any atom is -0.493 e. The lowest BCUT2D eigenvalue weighted by Crippen LogP contribution is -1.98. The topological polar surface area (TPSA) is 33.0 Å². The molecule has 16 heavy (non-hydrogen) atoms. The Morgan fingerprint density at radius 3 is 2.75 bits per heavy atom. The first kappa shape index (κ1) is 12.8. The lowest BCUT2D eigenvalue weighted by molar-refractivity contribution is 0.305. The number of rotatable bonds is 6. The number of hydrogen-bond donors (Lipinski definition) is 0. The van der Waals surface area contributed by atoms with E-state index < -0.39 is 5.82 Å². The molecule has 0 amide bonds. The van der Waals surface area contributed by atoms with Crippen LogP contribution in [0.4, 0.5) is 4.39 Å². The highest BCUT2D eigenvalue weighted by Gasteiger charge is 2.02. The number of benzene rings is 1. The maximum Gasteiger partial charge on any atom is 0.144 e. The van der Waals surface area contributed by atoms with Gasteiger partial charge in [0, 0.05) is 11.9 Å². The maximum atomic E-state index is 13.2. The Hall–Kier alpha value is -1.27. The zero-order chi connectivity index (χ0) is 11.8. The van der Waals surface area contributed by atoms with Crippen molar-refractivity contribution in [2.24, 2.45) is 0 Å². The Labute approximate surface area is 99.6 Å². The normalized spacial score (nSPS) is 9.81. The molecule has 1 aromatic rings. The quantitative estimate of drug-likeness (QED) is 0.564. The van der Waals surface area contributed by atoms with Gasteiger partial charge in [-0.25, -0.2) is 4.39 Å². The van der Waals surface area contributed by atoms with Gasteiger partial charge in [0.05, 0.1) is 12.2 Å². The first-order valence-electron chi connectivity index (χ1n) is 5.16. The first-order chi connectivity index (χ1) is 7.77. The summed E-state index contributed by atoms with van der Waals surface area (Å²) in [7, 11) is 0. The number of hydrogen-bond acceptors (Lipinski definition) is 2. The summed E-state index contributed by atoms with van der Waals surface area (Å²) >= 11 is 5.53. The molecule has 0 N–H and O–H groups in total. The second-order valence-electron chi connectivity index (χ2n) is 3.35. The molecule has 0 saturated heterocycles. The molecule has 0 radical (unpaired) electrons. The van der Waals surface area contributed by atoms with Crippen LogP contribution in [0, 0.1) is 17.1 Å². The lowest BCUT2D eigenvalue weighted by atomic mass is 10.2. The smallest absolute Gasteiger partial charge is 0.144 e. The van der Waals surface area contributed by atoms with Crippen LogP contribution in [0.3, 0.4) is 0 Å². The number of ether oxygens (including phenoxy) is 1. The molecule has 2 nitrogen and oxygen atoms in total. The van der Waals surface area contributed by atoms with Crippen molar-refractivity contribution in [3.8, 4) is 11.8 Å². The molecule has 0 aromatic heterocycles. The van der Waals surface area contributed by atoms with Gasteiger partial charge in [0.25, 0.3) is 0 Å². The van der Waals surface area contributed by atoms with Crippen LogP contribution in [-0.2, 0) is 0 Å². The van der Waals surface area contributed by atoms with Crippen LogP contribution in [0.25, 0.3) is 0 Å². The van der Waals surface area contributed by atoms with Gasteiger partial charge in [0.2, 0.25) is 0 Å². The molecule has 0 aliphatic carbocycles. The van der Waals surface area contributed by atoms with Crippen LogP contribution in [0.2, 0.25) is 0 Å². The van der Waals surface area contributed by atoms with Crippen molar-refractivity contribution in [1.29, 1.82) is 5.26 Å². The SMILES string of the molecule is N#Cc1ccc(OCCCCCCl)cc1F. The molecule has 0 heterocycles. The van der Waals surface area contributed by atoms with E-state index in [0.29, 0.717) is 18.2 Å². The maximum absolute atomic E-state index is 13.2. The van der Waals surface area contributed by atoms with Crippen molar-refractivity contribution >= 4 is 11.6 Å². The molecule has 0 unspecified atom stereocenters. The molecule has 1 aromatic carbocycles. The molecule has 0 bridgehead atoms. The summed E-state index contributed by atoms with van der Waals surface area (Å²) in [6, 6.07) is 6.02. The summed E-state index contributed by atoms with van der Waals surface area (Å²) in [4.78, 5) is 0. The van der Waals surface area contributed by atoms with E-state index in [1.165, 1.54) is 12.1 Å². The fourth-order valence-corrected chi connectivity index (χ4v) is 1.43. The van der Waals surface area contributed by atoms with Gasteiger partial charge in [-0.2, -0.15) is 5.26 Å². The van der Waals surface area contributed by atoms with Crippen LogP contribution < -0.4 is 4.74 Å². The second-order valence-corrected chi connectivity index (χ2v) is 3.73. The van der Waals surface area contributed by atoms with Crippen LogP contribution >= 0.6 is 11.6 Å². The molecule has 0 atom stereocenters. The lowest BCUT2D eigenvalue weighted by Gasteiger charge is -2.05. The summed E-state index contributed by atoms with van der Waals surface area (Å²) in [5.41, 5.74) is 0.0366. The minimum absolute atomic E-state index is 0.0366. The van der Waals surface area contributed by atoms with Gasteiger partial charge in [0.15, 0.2) is 0 Å². The molecule has 0 aliphatic heterocycles. The molecule has 4 heteroatoms. The van der Waals surface area contributed by atoms with Gasteiger partial charge < -0.3 is 4.74 Å². The monoisotopic (exact) mass is 241 g/mol. The number of unbranched alkanes of at least 4 members (excludes halogenated alkanes) is 2. The zero-order valence-electron chi connectivity index (χ0n) is 8.88. The fraction of sp³-hybridized carbons (Fsp3) is 0.417. The Morgan fingerprint density at radius 1 is 1.31 bits per heavy atom. The Balaban J connectivity index is 2.38. The Morgan fingerprint density at radius 2 is 2.12 bits per heavy atom. The number of nitrogens with zero attached hydrogens (tertiary/aromatic N) is 1. The van der Waals surface area contributed by atoms with Crippen molar-refractivity contribution in [2.45, 2.75) is 19.3 Å². The summed E-state index contributed by atoms with van der Waals surface area (Å²) in [5, 5.41) is 8.54. The molecular weight excluding hydrogens is 229 g/mol. The van der Waals surface area contributed by atoms with E-state index in [1.807, 2.05) is 0 Å². The average Bonchev–Trinajstić information content (AvgIpc) is 2.29. The third kappa shape index (κ3) is 4.08. The summed E-state index contributed by atoms with van der Waals surface area (Å²) in [6.07, 6.45) is 2.86. The van der Waals surface area contributed by atoms with E-state index in [-0.39, 0.29) is 5.56 Å². The van der Waals surface area contributed by atoms with Crippen molar-refractivity contribution in [1.82, 2.24) is 0 Å². The van der Waals surface area contributed by atoms with Gasteiger partial charge >= 0.3 is 0 Å². The molecule has 0 aliphatic rings. The van der Waals surface area contributed by atoms with Gasteiger partial charge in [-0.3, -0.25) is 0 Å². The molecule has 0 saturated carbocycles. The predicted molar refractivity (Wildman–Crippen MR) is 61.2 cm³/mol. The van der Waals surface area contributed by atoms with Crippen LogP contribution in [-0.4, -0.2) is 12.5 Å². The fourth-order valence-electron chi connectivity index (χ4n) is 1.24. The highest BCUT2D eigenvalue weighted by atomic mass is 35.5. The first-order valence-corrected chi connectivity index (χ1v) is 5.70. The van der Waals surface area contributed by atoms with E-state index in [4.69, 9.17) is 21.6 Å². The summed E-state index contributed by atoms with van der Waals surface area (Å²) in [5.74, 6) is 0.578. The third-order valence-electron chi connectivity index (χ3n) is 2.11. The van der Waals surface area contributed by atoms with Crippen molar-refractivity contribution in [2.75, 3.05) is 12.5 Å². The van der Waals surface area contributed by atoms with E-state index in [2.05, 4.69) is 0 Å².